The molecule has 0 saturated carbocycles. The van der Waals surface area contributed by atoms with E-state index in [1.807, 2.05) is 12.1 Å². The summed E-state index contributed by atoms with van der Waals surface area (Å²) < 4.78 is 30.3. The van der Waals surface area contributed by atoms with Crippen LogP contribution in [-0.4, -0.2) is 24.9 Å². The summed E-state index contributed by atoms with van der Waals surface area (Å²) in [4.78, 5) is 5.83. The third kappa shape index (κ3) is 2.86. The summed E-state index contributed by atoms with van der Waals surface area (Å²) in [6.45, 7) is 0.249. The van der Waals surface area contributed by atoms with Gasteiger partial charge in [0, 0.05) is 30.0 Å². The molecule has 2 N–H and O–H groups in total. The van der Waals surface area contributed by atoms with Crippen LogP contribution in [0.4, 0.5) is 5.82 Å². The molecule has 0 spiro atoms. The van der Waals surface area contributed by atoms with Gasteiger partial charge < -0.3 is 5.32 Å². The van der Waals surface area contributed by atoms with Crippen molar-refractivity contribution in [2.75, 3.05) is 12.4 Å². The number of nitrogens with one attached hydrogen (secondary N) is 2. The van der Waals surface area contributed by atoms with Gasteiger partial charge in [0.15, 0.2) is 15.8 Å². The van der Waals surface area contributed by atoms with Crippen LogP contribution in [0.1, 0.15) is 4.88 Å². The van der Waals surface area contributed by atoms with Crippen molar-refractivity contribution >= 4 is 59.4 Å². The van der Waals surface area contributed by atoms with Gasteiger partial charge in [-0.25, -0.2) is 18.1 Å². The Morgan fingerprint density at radius 2 is 2.24 bits per heavy atom. The van der Waals surface area contributed by atoms with Crippen LogP contribution in [-0.2, 0) is 16.6 Å². The molecule has 0 aliphatic heterocycles. The van der Waals surface area contributed by atoms with Crippen molar-refractivity contribution in [3.05, 3.63) is 32.4 Å². The van der Waals surface area contributed by atoms with Gasteiger partial charge >= 0.3 is 0 Å². The van der Waals surface area contributed by atoms with Crippen molar-refractivity contribution in [3.63, 3.8) is 0 Å². The molecular weight excluding hydrogens is 396 g/mol. The van der Waals surface area contributed by atoms with E-state index in [-0.39, 0.29) is 11.6 Å². The molecule has 0 aromatic carbocycles. The molecule has 112 valence electrons. The highest BCUT2D eigenvalue weighted by atomic mass is 79.9. The first-order valence-corrected chi connectivity index (χ1v) is 9.85. The molecule has 21 heavy (non-hydrogen) atoms. The molecule has 0 aliphatic rings. The summed E-state index contributed by atoms with van der Waals surface area (Å²) >= 11 is 6.24. The Bertz CT molecular complexity index is 880. The van der Waals surface area contributed by atoms with Gasteiger partial charge in [0.1, 0.15) is 0 Å². The smallest absolute Gasteiger partial charge is 0.260 e. The number of thiophene rings is 1. The highest BCUT2D eigenvalue weighted by molar-refractivity contribution is 9.11. The zero-order valence-electron chi connectivity index (χ0n) is 10.8. The minimum absolute atomic E-state index is 0.136. The predicted octanol–water partition coefficient (Wildman–Crippen LogP) is 2.74. The Labute approximate surface area is 138 Å². The molecule has 0 amide bonds. The number of halogens is 1. The second-order valence-corrected chi connectivity index (χ2v) is 9.20. The number of thiazole rings is 1. The predicted molar refractivity (Wildman–Crippen MR) is 88.7 cm³/mol. The van der Waals surface area contributed by atoms with Crippen LogP contribution in [0.2, 0.25) is 0 Å². The Kier molecular flexibility index (Phi) is 4.06. The molecule has 6 nitrogen and oxygen atoms in total. The summed E-state index contributed by atoms with van der Waals surface area (Å²) in [6.07, 6.45) is 1.70. The highest BCUT2D eigenvalue weighted by Crippen LogP contribution is 2.26. The molecule has 0 saturated heterocycles. The Balaban J connectivity index is 1.94. The quantitative estimate of drug-likeness (QED) is 0.682. The zero-order valence-corrected chi connectivity index (χ0v) is 14.9. The van der Waals surface area contributed by atoms with Crippen LogP contribution in [0.3, 0.4) is 0 Å². The number of anilines is 1. The van der Waals surface area contributed by atoms with Crippen molar-refractivity contribution in [3.8, 4) is 0 Å². The topological polar surface area (TPSA) is 75.5 Å². The van der Waals surface area contributed by atoms with Crippen molar-refractivity contribution in [1.29, 1.82) is 0 Å². The number of imidazole rings is 1. The average molecular weight is 407 g/mol. The lowest BCUT2D eigenvalue weighted by molar-refractivity contribution is 0.577. The van der Waals surface area contributed by atoms with Gasteiger partial charge in [-0.1, -0.05) is 0 Å². The molecule has 3 aromatic rings. The summed E-state index contributed by atoms with van der Waals surface area (Å²) in [7, 11) is -2.00. The first-order chi connectivity index (χ1) is 10.0. The maximum Gasteiger partial charge on any atom is 0.260 e. The van der Waals surface area contributed by atoms with Crippen molar-refractivity contribution in [2.24, 2.45) is 0 Å². The minimum atomic E-state index is -3.66. The van der Waals surface area contributed by atoms with Gasteiger partial charge in [-0.05, 0) is 28.1 Å². The van der Waals surface area contributed by atoms with Gasteiger partial charge in [-0.15, -0.1) is 22.7 Å². The minimum Gasteiger partial charge on any atom is -0.371 e. The van der Waals surface area contributed by atoms with Gasteiger partial charge in [-0.3, -0.25) is 4.40 Å². The fraction of sp³-hybridized carbons (Fsp3) is 0.182. The molecule has 3 heterocycles. The first kappa shape index (κ1) is 15.0. The summed E-state index contributed by atoms with van der Waals surface area (Å²) in [5.74, 6) is 0.349. The number of nitrogens with zero attached hydrogens (tertiary/aromatic N) is 2. The number of aromatic nitrogens is 2. The van der Waals surface area contributed by atoms with Crippen LogP contribution in [0.15, 0.2) is 32.5 Å². The monoisotopic (exact) mass is 406 g/mol. The largest absolute Gasteiger partial charge is 0.371 e. The molecule has 10 heteroatoms. The molecule has 0 atom stereocenters. The van der Waals surface area contributed by atoms with Crippen molar-refractivity contribution < 1.29 is 8.42 Å². The molecule has 3 rings (SSSR count). The molecule has 3 aromatic heterocycles. The van der Waals surface area contributed by atoms with E-state index in [1.165, 1.54) is 22.7 Å². The molecular formula is C11H11BrN4O2S3. The second kappa shape index (κ2) is 5.69. The average Bonchev–Trinajstić information content (AvgIpc) is 3.10. The zero-order chi connectivity index (χ0) is 15.0. The van der Waals surface area contributed by atoms with E-state index in [4.69, 9.17) is 0 Å². The number of fused-ring (bicyclic) bond motifs is 1. The number of rotatable bonds is 5. The SMILES string of the molecule is CNc1nc2sccn2c1S(=O)(=O)NCc1ccc(Br)s1. The maximum atomic E-state index is 12.6. The standard InChI is InChI=1S/C11H11BrN4O2S3/c1-13-9-10(16-4-5-19-11(16)15-9)21(17,18)14-6-7-2-3-8(12)20-7/h2-5,13-14H,6H2,1H3. The first-order valence-electron chi connectivity index (χ1n) is 5.88. The normalized spacial score (nSPS) is 12.1. The molecule has 0 aliphatic carbocycles. The third-order valence-corrected chi connectivity index (χ3v) is 6.58. The van der Waals surface area contributed by atoms with Crippen LogP contribution in [0, 0.1) is 0 Å². The third-order valence-electron chi connectivity index (χ3n) is 2.77. The van der Waals surface area contributed by atoms with Gasteiger partial charge in [0.25, 0.3) is 10.0 Å². The molecule has 0 bridgehead atoms. The van der Waals surface area contributed by atoms with Crippen LogP contribution >= 0.6 is 38.6 Å². The fourth-order valence-electron chi connectivity index (χ4n) is 1.87. The Hall–Kier alpha value is -0.940. The lowest BCUT2D eigenvalue weighted by Crippen LogP contribution is -2.24. The summed E-state index contributed by atoms with van der Waals surface area (Å²) in [5.41, 5.74) is 0. The van der Waals surface area contributed by atoms with E-state index in [1.54, 1.807) is 23.0 Å². The van der Waals surface area contributed by atoms with E-state index in [0.29, 0.717) is 10.8 Å². The van der Waals surface area contributed by atoms with Crippen LogP contribution in [0.25, 0.3) is 4.96 Å². The highest BCUT2D eigenvalue weighted by Gasteiger charge is 2.25. The Morgan fingerprint density at radius 3 is 2.90 bits per heavy atom. The van der Waals surface area contributed by atoms with E-state index >= 15 is 0 Å². The van der Waals surface area contributed by atoms with Crippen LogP contribution in [0.5, 0.6) is 0 Å². The van der Waals surface area contributed by atoms with E-state index < -0.39 is 10.0 Å². The lowest BCUT2D eigenvalue weighted by atomic mass is 10.5. The summed E-state index contributed by atoms with van der Waals surface area (Å²) in [5, 5.41) is 4.77. The van der Waals surface area contributed by atoms with E-state index in [0.717, 1.165) is 8.66 Å². The maximum absolute atomic E-state index is 12.6. The van der Waals surface area contributed by atoms with Crippen molar-refractivity contribution in [1.82, 2.24) is 14.1 Å². The molecule has 0 radical (unpaired) electrons. The van der Waals surface area contributed by atoms with E-state index in [9.17, 15) is 8.42 Å². The molecule has 0 unspecified atom stereocenters. The number of hydrogen-bond acceptors (Lipinski definition) is 6. The fourth-order valence-corrected chi connectivity index (χ4v) is 5.44. The Morgan fingerprint density at radius 1 is 1.43 bits per heavy atom. The van der Waals surface area contributed by atoms with Crippen molar-refractivity contribution in [2.45, 2.75) is 11.6 Å². The van der Waals surface area contributed by atoms with Crippen LogP contribution < -0.4 is 10.0 Å². The van der Waals surface area contributed by atoms with Gasteiger partial charge in [-0.2, -0.15) is 0 Å². The number of sulfonamides is 1. The van der Waals surface area contributed by atoms with E-state index in [2.05, 4.69) is 31.0 Å². The van der Waals surface area contributed by atoms with Gasteiger partial charge in [0.05, 0.1) is 3.79 Å². The second-order valence-electron chi connectivity index (χ2n) is 4.10. The van der Waals surface area contributed by atoms with Gasteiger partial charge in [0.2, 0.25) is 0 Å². The molecule has 0 fully saturated rings. The lowest BCUT2D eigenvalue weighted by Gasteiger charge is -2.06. The number of hydrogen-bond donors (Lipinski definition) is 2. The summed E-state index contributed by atoms with van der Waals surface area (Å²) in [6, 6.07) is 3.77.